The monoisotopic (exact) mass is 494 g/mol. The first kappa shape index (κ1) is 23.3. The molecular weight excluding hydrogens is 464 g/mol. The maximum absolute atomic E-state index is 12.8. The van der Waals surface area contributed by atoms with E-state index in [-0.39, 0.29) is 10.8 Å². The summed E-state index contributed by atoms with van der Waals surface area (Å²) in [5, 5.41) is 10.7. The van der Waals surface area contributed by atoms with Gasteiger partial charge >= 0.3 is 0 Å². The molecule has 1 aliphatic rings. The van der Waals surface area contributed by atoms with E-state index in [1.165, 1.54) is 24.8 Å². The zero-order valence-electron chi connectivity index (χ0n) is 19.9. The van der Waals surface area contributed by atoms with Crippen molar-refractivity contribution in [3.8, 4) is 0 Å². The number of nitrogens with one attached hydrogen (secondary N) is 1. The van der Waals surface area contributed by atoms with Crippen molar-refractivity contribution in [1.82, 2.24) is 29.6 Å². The number of hydrogen-bond acceptors (Lipinski definition) is 7. The SMILES string of the molecule is Cc1sc2nc([C@@H](C)Sc3nnc(CN4CCCCC4)n3Cc3ccccc3)[nH]c(=O)c2c1C. The van der Waals surface area contributed by atoms with Gasteiger partial charge in [-0.3, -0.25) is 9.69 Å². The molecule has 178 valence electrons. The molecule has 1 atom stereocenters. The number of nitrogens with zero attached hydrogens (tertiary/aromatic N) is 5. The third-order valence-corrected chi connectivity index (χ3v) is 8.71. The van der Waals surface area contributed by atoms with Crippen molar-refractivity contribution in [1.29, 1.82) is 0 Å². The molecule has 1 aliphatic heterocycles. The minimum absolute atomic E-state index is 0.0640. The van der Waals surface area contributed by atoms with Gasteiger partial charge in [-0.25, -0.2) is 4.98 Å². The molecule has 0 aliphatic carbocycles. The summed E-state index contributed by atoms with van der Waals surface area (Å²) in [7, 11) is 0. The van der Waals surface area contributed by atoms with Gasteiger partial charge in [-0.15, -0.1) is 21.5 Å². The molecule has 0 bridgehead atoms. The van der Waals surface area contributed by atoms with Gasteiger partial charge in [-0.05, 0) is 57.8 Å². The number of aromatic amines is 1. The van der Waals surface area contributed by atoms with Crippen LogP contribution in [0.5, 0.6) is 0 Å². The first-order valence-electron chi connectivity index (χ1n) is 11.8. The molecule has 1 N–H and O–H groups in total. The van der Waals surface area contributed by atoms with Gasteiger partial charge in [0.2, 0.25) is 0 Å². The predicted octanol–water partition coefficient (Wildman–Crippen LogP) is 5.08. The van der Waals surface area contributed by atoms with Gasteiger partial charge in [0.15, 0.2) is 5.16 Å². The van der Waals surface area contributed by atoms with Crippen LogP contribution in [0.3, 0.4) is 0 Å². The molecule has 0 saturated carbocycles. The van der Waals surface area contributed by atoms with Crippen LogP contribution in [0.25, 0.3) is 10.2 Å². The fourth-order valence-corrected chi connectivity index (χ4v) is 6.40. The molecule has 0 radical (unpaired) electrons. The van der Waals surface area contributed by atoms with Gasteiger partial charge in [0.25, 0.3) is 5.56 Å². The third-order valence-electron chi connectivity index (χ3n) is 6.52. The molecule has 1 fully saturated rings. The molecule has 1 aromatic carbocycles. The summed E-state index contributed by atoms with van der Waals surface area (Å²) >= 11 is 3.18. The predicted molar refractivity (Wildman–Crippen MR) is 139 cm³/mol. The van der Waals surface area contributed by atoms with Crippen LogP contribution in [-0.4, -0.2) is 42.7 Å². The highest BCUT2D eigenvalue weighted by molar-refractivity contribution is 7.99. The fourth-order valence-electron chi connectivity index (χ4n) is 4.44. The van der Waals surface area contributed by atoms with Crippen molar-refractivity contribution >= 4 is 33.3 Å². The second kappa shape index (κ2) is 10.0. The topological polar surface area (TPSA) is 79.7 Å². The highest BCUT2D eigenvalue weighted by Gasteiger charge is 2.22. The second-order valence-corrected chi connectivity index (χ2v) is 11.5. The molecule has 0 spiro atoms. The van der Waals surface area contributed by atoms with Crippen LogP contribution >= 0.6 is 23.1 Å². The number of H-pyrrole nitrogens is 1. The van der Waals surface area contributed by atoms with Crippen molar-refractivity contribution in [2.24, 2.45) is 0 Å². The van der Waals surface area contributed by atoms with Crippen molar-refractivity contribution in [2.45, 2.75) is 63.5 Å². The van der Waals surface area contributed by atoms with Crippen LogP contribution in [0, 0.1) is 13.8 Å². The van der Waals surface area contributed by atoms with E-state index in [1.807, 2.05) is 19.9 Å². The maximum atomic E-state index is 12.8. The van der Waals surface area contributed by atoms with Crippen molar-refractivity contribution in [3.05, 3.63) is 68.3 Å². The van der Waals surface area contributed by atoms with Crippen LogP contribution in [0.4, 0.5) is 0 Å². The Bertz CT molecular complexity index is 1340. The number of fused-ring (bicyclic) bond motifs is 1. The second-order valence-electron chi connectivity index (χ2n) is 8.98. The Morgan fingerprint density at radius 2 is 1.85 bits per heavy atom. The molecular formula is C25H30N6OS2. The molecule has 7 nitrogen and oxygen atoms in total. The van der Waals surface area contributed by atoms with Crippen LogP contribution in [0.15, 0.2) is 40.3 Å². The van der Waals surface area contributed by atoms with Crippen molar-refractivity contribution in [2.75, 3.05) is 13.1 Å². The summed E-state index contributed by atoms with van der Waals surface area (Å²) in [5.74, 6) is 1.66. The molecule has 3 aromatic heterocycles. The number of thioether (sulfide) groups is 1. The summed E-state index contributed by atoms with van der Waals surface area (Å²) in [4.78, 5) is 25.0. The molecule has 0 unspecified atom stereocenters. The maximum Gasteiger partial charge on any atom is 0.259 e. The average Bonchev–Trinajstić information content (AvgIpc) is 3.34. The van der Waals surface area contributed by atoms with E-state index in [4.69, 9.17) is 4.98 Å². The minimum Gasteiger partial charge on any atom is -0.309 e. The van der Waals surface area contributed by atoms with Crippen molar-refractivity contribution in [3.63, 3.8) is 0 Å². The Kier molecular flexibility index (Phi) is 6.85. The number of aryl methyl sites for hydroxylation is 2. The number of rotatable bonds is 7. The lowest BCUT2D eigenvalue weighted by Crippen LogP contribution is -2.30. The third kappa shape index (κ3) is 4.82. The largest absolute Gasteiger partial charge is 0.309 e. The highest BCUT2D eigenvalue weighted by Crippen LogP contribution is 2.34. The molecule has 4 aromatic rings. The lowest BCUT2D eigenvalue weighted by molar-refractivity contribution is 0.213. The summed E-state index contributed by atoms with van der Waals surface area (Å²) in [6.45, 7) is 9.84. The molecule has 4 heterocycles. The first-order valence-corrected chi connectivity index (χ1v) is 13.5. The summed E-state index contributed by atoms with van der Waals surface area (Å²) in [5.41, 5.74) is 2.17. The van der Waals surface area contributed by atoms with Gasteiger partial charge in [-0.1, -0.05) is 48.5 Å². The summed E-state index contributed by atoms with van der Waals surface area (Å²) in [6.07, 6.45) is 3.80. The summed E-state index contributed by atoms with van der Waals surface area (Å²) in [6, 6.07) is 10.4. The zero-order valence-corrected chi connectivity index (χ0v) is 21.5. The Hall–Kier alpha value is -2.49. The average molecular weight is 495 g/mol. The standard InChI is InChI=1S/C25H30N6OS2/c1-16-17(2)33-24-21(16)23(32)26-22(27-24)18(3)34-25-29-28-20(15-30-12-8-5-9-13-30)31(25)14-19-10-6-4-7-11-19/h4,6-7,10-11,18H,5,8-9,12-15H2,1-3H3,(H,26,27,32)/t18-/m1/s1. The van der Waals surface area contributed by atoms with Crippen LogP contribution in [0.2, 0.25) is 0 Å². The van der Waals surface area contributed by atoms with Gasteiger partial charge in [0, 0.05) is 4.88 Å². The molecule has 9 heteroatoms. The molecule has 34 heavy (non-hydrogen) atoms. The molecule has 1 saturated heterocycles. The number of thiophene rings is 1. The van der Waals surface area contributed by atoms with Gasteiger partial charge in [0.05, 0.1) is 23.7 Å². The molecule has 0 amide bonds. The number of piperidine rings is 1. The van der Waals surface area contributed by atoms with Crippen LogP contribution in [0.1, 0.15) is 59.1 Å². The van der Waals surface area contributed by atoms with Gasteiger partial charge in [-0.2, -0.15) is 0 Å². The lowest BCUT2D eigenvalue weighted by atomic mass is 10.1. The minimum atomic E-state index is -0.0682. The van der Waals surface area contributed by atoms with Crippen LogP contribution < -0.4 is 5.56 Å². The fraction of sp³-hybridized carbons (Fsp3) is 0.440. The lowest BCUT2D eigenvalue weighted by Gasteiger charge is -2.26. The smallest absolute Gasteiger partial charge is 0.259 e. The number of benzene rings is 1. The van der Waals surface area contributed by atoms with Gasteiger partial charge < -0.3 is 9.55 Å². The Morgan fingerprint density at radius 3 is 2.62 bits per heavy atom. The number of likely N-dealkylation sites (tertiary alicyclic amines) is 1. The normalized spacial score (nSPS) is 15.7. The van der Waals surface area contributed by atoms with Crippen molar-refractivity contribution < 1.29 is 0 Å². The van der Waals surface area contributed by atoms with E-state index >= 15 is 0 Å². The Morgan fingerprint density at radius 1 is 1.09 bits per heavy atom. The van der Waals surface area contributed by atoms with Crippen LogP contribution in [-0.2, 0) is 13.1 Å². The van der Waals surface area contributed by atoms with Gasteiger partial charge in [0.1, 0.15) is 16.5 Å². The summed E-state index contributed by atoms with van der Waals surface area (Å²) < 4.78 is 2.22. The molecule has 5 rings (SSSR count). The highest BCUT2D eigenvalue weighted by atomic mass is 32.2. The quantitative estimate of drug-likeness (QED) is 0.361. The van der Waals surface area contributed by atoms with E-state index in [2.05, 4.69) is 55.8 Å². The van der Waals surface area contributed by atoms with E-state index in [0.29, 0.717) is 11.2 Å². The Balaban J connectivity index is 1.44. The van der Waals surface area contributed by atoms with E-state index < -0.39 is 0 Å². The zero-order chi connectivity index (χ0) is 23.7. The Labute approximate surface area is 207 Å². The number of hydrogen-bond donors (Lipinski definition) is 1. The van der Waals surface area contributed by atoms with E-state index in [1.54, 1.807) is 23.1 Å². The van der Waals surface area contributed by atoms with E-state index in [0.717, 1.165) is 52.4 Å². The van der Waals surface area contributed by atoms with E-state index in [9.17, 15) is 4.79 Å². The number of aromatic nitrogens is 5. The first-order chi connectivity index (χ1) is 16.5.